The van der Waals surface area contributed by atoms with Crippen LogP contribution in [0.5, 0.6) is 0 Å². The highest BCUT2D eigenvalue weighted by atomic mass is 19.1. The first-order valence-electron chi connectivity index (χ1n) is 8.26. The highest BCUT2D eigenvalue weighted by molar-refractivity contribution is 5.99. The summed E-state index contributed by atoms with van der Waals surface area (Å²) < 4.78 is 13.6. The van der Waals surface area contributed by atoms with E-state index in [-0.39, 0.29) is 23.8 Å². The maximum Gasteiger partial charge on any atom is 0.254 e. The quantitative estimate of drug-likeness (QED) is 0.656. The second-order valence-electron chi connectivity index (χ2n) is 5.71. The fourth-order valence-corrected chi connectivity index (χ4v) is 2.34. The number of carbonyl (C=O) groups is 3. The van der Waals surface area contributed by atoms with Gasteiger partial charge in [0.2, 0.25) is 11.8 Å². The van der Waals surface area contributed by atoms with Gasteiger partial charge in [-0.2, -0.15) is 0 Å². The number of amides is 3. The van der Waals surface area contributed by atoms with E-state index >= 15 is 0 Å². The molecule has 7 heteroatoms. The number of benzene rings is 2. The summed E-state index contributed by atoms with van der Waals surface area (Å²) in [7, 11) is 1.40. The monoisotopic (exact) mass is 369 g/mol. The lowest BCUT2D eigenvalue weighted by molar-refractivity contribution is -0.116. The molecule has 3 N–H and O–H groups in total. The molecule has 27 heavy (non-hydrogen) atoms. The summed E-state index contributed by atoms with van der Waals surface area (Å²) in [5.41, 5.74) is 1.78. The van der Waals surface area contributed by atoms with Gasteiger partial charge in [0.15, 0.2) is 0 Å². The van der Waals surface area contributed by atoms with Crippen molar-refractivity contribution < 1.29 is 18.8 Å². The van der Waals surface area contributed by atoms with E-state index in [2.05, 4.69) is 22.5 Å². The van der Waals surface area contributed by atoms with E-state index < -0.39 is 11.7 Å². The molecule has 0 unspecified atom stereocenters. The second kappa shape index (κ2) is 9.28. The summed E-state index contributed by atoms with van der Waals surface area (Å²) in [5.74, 6) is -1.77. The molecule has 2 rings (SSSR count). The number of aryl methyl sites for hydroxylation is 1. The molecule has 0 saturated carbocycles. The molecule has 0 aliphatic heterocycles. The van der Waals surface area contributed by atoms with Crippen molar-refractivity contribution in [2.24, 2.45) is 0 Å². The molecular formula is C20H20FN3O3. The van der Waals surface area contributed by atoms with Crippen molar-refractivity contribution in [1.82, 2.24) is 5.32 Å². The maximum absolute atomic E-state index is 13.6. The lowest BCUT2D eigenvalue weighted by Gasteiger charge is -2.08. The molecule has 0 saturated heterocycles. The van der Waals surface area contributed by atoms with Gasteiger partial charge in [-0.15, -0.1) is 0 Å². The van der Waals surface area contributed by atoms with Crippen molar-refractivity contribution >= 4 is 29.1 Å². The van der Waals surface area contributed by atoms with Gasteiger partial charge in [0, 0.05) is 24.8 Å². The maximum atomic E-state index is 13.6. The summed E-state index contributed by atoms with van der Waals surface area (Å²) in [4.78, 5) is 34.9. The first-order chi connectivity index (χ1) is 12.9. The Bertz CT molecular complexity index is 863. The lowest BCUT2D eigenvalue weighted by Crippen LogP contribution is -2.20. The Labute approximate surface area is 156 Å². The first-order valence-corrected chi connectivity index (χ1v) is 8.26. The van der Waals surface area contributed by atoms with Crippen molar-refractivity contribution in [3.8, 4) is 0 Å². The van der Waals surface area contributed by atoms with Crippen LogP contribution in [0.4, 0.5) is 15.8 Å². The molecule has 2 aromatic rings. The van der Waals surface area contributed by atoms with Crippen LogP contribution in [0.25, 0.3) is 0 Å². The standard InChI is InChI=1S/C20H20FN3O3/c1-3-18(25)23-14-7-4-13(5-8-14)6-11-19(26)24-15-9-10-17(21)16(12-15)20(27)22-2/h3-5,7-10,12H,1,6,11H2,2H3,(H,22,27)(H,23,25)(H,24,26). The average Bonchev–Trinajstić information content (AvgIpc) is 2.68. The van der Waals surface area contributed by atoms with Crippen molar-refractivity contribution in [3.63, 3.8) is 0 Å². The molecule has 6 nitrogen and oxygen atoms in total. The number of hydrogen-bond donors (Lipinski definition) is 3. The predicted molar refractivity (Wildman–Crippen MR) is 102 cm³/mol. The minimum absolute atomic E-state index is 0.132. The van der Waals surface area contributed by atoms with Gasteiger partial charge in [-0.05, 0) is 48.4 Å². The number of carbonyl (C=O) groups excluding carboxylic acids is 3. The molecule has 2 aromatic carbocycles. The average molecular weight is 369 g/mol. The molecule has 0 aliphatic carbocycles. The van der Waals surface area contributed by atoms with Crippen LogP contribution in [0.2, 0.25) is 0 Å². The third-order valence-corrected chi connectivity index (χ3v) is 3.77. The molecule has 0 radical (unpaired) electrons. The highest BCUT2D eigenvalue weighted by Gasteiger charge is 2.12. The zero-order valence-corrected chi connectivity index (χ0v) is 14.8. The molecular weight excluding hydrogens is 349 g/mol. The van der Waals surface area contributed by atoms with Gasteiger partial charge in [-0.3, -0.25) is 14.4 Å². The second-order valence-corrected chi connectivity index (χ2v) is 5.71. The Balaban J connectivity index is 1.92. The van der Waals surface area contributed by atoms with Crippen molar-refractivity contribution in [2.45, 2.75) is 12.8 Å². The van der Waals surface area contributed by atoms with E-state index in [4.69, 9.17) is 0 Å². The van der Waals surface area contributed by atoms with E-state index in [1.54, 1.807) is 12.1 Å². The summed E-state index contributed by atoms with van der Waals surface area (Å²) in [6, 6.07) is 10.9. The van der Waals surface area contributed by atoms with Gasteiger partial charge < -0.3 is 16.0 Å². The van der Waals surface area contributed by atoms with Gasteiger partial charge in [0.05, 0.1) is 5.56 Å². The van der Waals surface area contributed by atoms with Crippen LogP contribution in [0, 0.1) is 5.82 Å². The van der Waals surface area contributed by atoms with Gasteiger partial charge in [0.25, 0.3) is 5.91 Å². The first kappa shape index (κ1) is 19.8. The Morgan fingerprint density at radius 1 is 1.04 bits per heavy atom. The van der Waals surface area contributed by atoms with E-state index in [0.29, 0.717) is 17.8 Å². The smallest absolute Gasteiger partial charge is 0.254 e. The van der Waals surface area contributed by atoms with E-state index in [1.165, 1.54) is 25.3 Å². The third kappa shape index (κ3) is 5.78. The number of halogens is 1. The predicted octanol–water partition coefficient (Wildman–Crippen LogP) is 2.88. The zero-order valence-electron chi connectivity index (χ0n) is 14.8. The van der Waals surface area contributed by atoms with E-state index in [1.807, 2.05) is 12.1 Å². The third-order valence-electron chi connectivity index (χ3n) is 3.77. The van der Waals surface area contributed by atoms with E-state index in [9.17, 15) is 18.8 Å². The van der Waals surface area contributed by atoms with E-state index in [0.717, 1.165) is 11.6 Å². The van der Waals surface area contributed by atoms with Gasteiger partial charge >= 0.3 is 0 Å². The Morgan fingerprint density at radius 3 is 2.33 bits per heavy atom. The fraction of sp³-hybridized carbons (Fsp3) is 0.150. The van der Waals surface area contributed by atoms with Crippen molar-refractivity contribution in [1.29, 1.82) is 0 Å². The van der Waals surface area contributed by atoms with Crippen LogP contribution in [0.1, 0.15) is 22.3 Å². The van der Waals surface area contributed by atoms with Crippen LogP contribution >= 0.6 is 0 Å². The molecule has 0 bridgehead atoms. The van der Waals surface area contributed by atoms with Crippen LogP contribution in [0.3, 0.4) is 0 Å². The Morgan fingerprint density at radius 2 is 1.70 bits per heavy atom. The van der Waals surface area contributed by atoms with Crippen LogP contribution in [-0.4, -0.2) is 24.8 Å². The van der Waals surface area contributed by atoms with Gasteiger partial charge in [-0.1, -0.05) is 18.7 Å². The summed E-state index contributed by atoms with van der Waals surface area (Å²) in [6.45, 7) is 3.38. The minimum atomic E-state index is -0.656. The summed E-state index contributed by atoms with van der Waals surface area (Å²) in [6.07, 6.45) is 1.89. The topological polar surface area (TPSA) is 87.3 Å². The van der Waals surface area contributed by atoms with Crippen LogP contribution in [0.15, 0.2) is 55.1 Å². The number of nitrogens with one attached hydrogen (secondary N) is 3. The van der Waals surface area contributed by atoms with Crippen LogP contribution < -0.4 is 16.0 Å². The Kier molecular flexibility index (Phi) is 6.82. The number of anilines is 2. The SMILES string of the molecule is C=CC(=O)Nc1ccc(CCC(=O)Nc2ccc(F)c(C(=O)NC)c2)cc1. The molecule has 140 valence electrons. The summed E-state index contributed by atoms with van der Waals surface area (Å²) in [5, 5.41) is 7.64. The molecule has 0 aromatic heterocycles. The largest absolute Gasteiger partial charge is 0.355 e. The lowest BCUT2D eigenvalue weighted by atomic mass is 10.1. The van der Waals surface area contributed by atoms with Crippen molar-refractivity contribution in [2.75, 3.05) is 17.7 Å². The molecule has 0 atom stereocenters. The molecule has 0 aliphatic rings. The van der Waals surface area contributed by atoms with Gasteiger partial charge in [-0.25, -0.2) is 4.39 Å². The number of rotatable bonds is 7. The minimum Gasteiger partial charge on any atom is -0.355 e. The van der Waals surface area contributed by atoms with Gasteiger partial charge in [0.1, 0.15) is 5.82 Å². The molecule has 0 fully saturated rings. The zero-order chi connectivity index (χ0) is 19.8. The summed E-state index contributed by atoms with van der Waals surface area (Å²) >= 11 is 0. The molecule has 3 amide bonds. The normalized spacial score (nSPS) is 10.0. The molecule has 0 spiro atoms. The Hall–Kier alpha value is -3.48. The van der Waals surface area contributed by atoms with Crippen molar-refractivity contribution in [3.05, 3.63) is 72.1 Å². The molecule has 0 heterocycles. The number of hydrogen-bond acceptors (Lipinski definition) is 3. The highest BCUT2D eigenvalue weighted by Crippen LogP contribution is 2.16. The van der Waals surface area contributed by atoms with Crippen LogP contribution in [-0.2, 0) is 16.0 Å². The fourth-order valence-electron chi connectivity index (χ4n) is 2.34.